The van der Waals surface area contributed by atoms with Gasteiger partial charge >= 0.3 is 0 Å². The van der Waals surface area contributed by atoms with Crippen molar-refractivity contribution in [2.75, 3.05) is 13.1 Å². The fourth-order valence-corrected chi connectivity index (χ4v) is 0.787. The van der Waals surface area contributed by atoms with E-state index in [1.807, 2.05) is 6.92 Å². The molecule has 0 radical (unpaired) electrons. The summed E-state index contributed by atoms with van der Waals surface area (Å²) < 4.78 is 0. The van der Waals surface area contributed by atoms with E-state index in [4.69, 9.17) is 0 Å². The highest BCUT2D eigenvalue weighted by Gasteiger charge is 2.10. The molecular formula is C8H15N3O3. The molecule has 0 aliphatic heterocycles. The lowest BCUT2D eigenvalue weighted by molar-refractivity contribution is -0.517. The van der Waals surface area contributed by atoms with Crippen molar-refractivity contribution < 1.29 is 4.92 Å². The third-order valence-electron chi connectivity index (χ3n) is 1.73. The highest BCUT2D eigenvalue weighted by atomic mass is 16.6. The van der Waals surface area contributed by atoms with Crippen LogP contribution in [0.15, 0.2) is 16.9 Å². The van der Waals surface area contributed by atoms with Crippen LogP contribution < -0.4 is 5.32 Å². The molecular weight excluding hydrogens is 186 g/mol. The van der Waals surface area contributed by atoms with E-state index in [1.54, 1.807) is 0 Å². The van der Waals surface area contributed by atoms with Crippen LogP contribution in [-0.4, -0.2) is 24.1 Å². The Balaban J connectivity index is 4.03. The highest BCUT2D eigenvalue weighted by molar-refractivity contribution is 5.02. The van der Waals surface area contributed by atoms with Crippen LogP contribution in [0.3, 0.4) is 0 Å². The van der Waals surface area contributed by atoms with Crippen LogP contribution in [0.4, 0.5) is 0 Å². The van der Waals surface area contributed by atoms with Crippen LogP contribution in [0, 0.1) is 15.0 Å². The first kappa shape index (κ1) is 12.7. The van der Waals surface area contributed by atoms with Crippen molar-refractivity contribution in [3.05, 3.63) is 26.8 Å². The Kier molecular flexibility index (Phi) is 6.47. The molecule has 0 saturated carbocycles. The third-order valence-corrected chi connectivity index (χ3v) is 1.73. The minimum atomic E-state index is -0.673. The van der Waals surface area contributed by atoms with E-state index in [9.17, 15) is 15.0 Å². The second kappa shape index (κ2) is 7.14. The summed E-state index contributed by atoms with van der Waals surface area (Å²) in [5.74, 6) is 0. The number of rotatable bonds is 7. The van der Waals surface area contributed by atoms with Gasteiger partial charge in [-0.15, -0.1) is 4.91 Å². The number of hydrogen-bond donors (Lipinski definition) is 1. The van der Waals surface area contributed by atoms with Crippen LogP contribution >= 0.6 is 0 Å². The quantitative estimate of drug-likeness (QED) is 0.382. The molecule has 0 aromatic carbocycles. The van der Waals surface area contributed by atoms with E-state index in [-0.39, 0.29) is 11.3 Å². The van der Waals surface area contributed by atoms with Gasteiger partial charge in [0.25, 0.3) is 0 Å². The second-order valence-electron chi connectivity index (χ2n) is 2.94. The zero-order valence-corrected chi connectivity index (χ0v) is 8.40. The van der Waals surface area contributed by atoms with Gasteiger partial charge in [0.05, 0.1) is 5.70 Å². The maximum atomic E-state index is 10.3. The number of nitrogens with zero attached hydrogens (tertiary/aromatic N) is 2. The lowest BCUT2D eigenvalue weighted by Gasteiger charge is -2.01. The van der Waals surface area contributed by atoms with Gasteiger partial charge in [0, 0.05) is 24.8 Å². The number of nitrogens with one attached hydrogen (secondary N) is 1. The van der Waals surface area contributed by atoms with Crippen molar-refractivity contribution in [3.8, 4) is 0 Å². The van der Waals surface area contributed by atoms with Crippen LogP contribution in [0.1, 0.15) is 20.3 Å². The molecule has 80 valence electrons. The molecule has 0 saturated heterocycles. The summed E-state index contributed by atoms with van der Waals surface area (Å²) in [5.41, 5.74) is 0.320. The molecule has 1 N–H and O–H groups in total. The van der Waals surface area contributed by atoms with Gasteiger partial charge in [0.15, 0.2) is 0 Å². The molecule has 0 aliphatic rings. The Morgan fingerprint density at radius 2 is 2.36 bits per heavy atom. The summed E-state index contributed by atoms with van der Waals surface area (Å²) in [6.07, 6.45) is 1.74. The Morgan fingerprint density at radius 1 is 1.71 bits per heavy atom. The fourth-order valence-electron chi connectivity index (χ4n) is 0.787. The summed E-state index contributed by atoms with van der Waals surface area (Å²) in [6.45, 7) is 4.50. The molecule has 0 amide bonds. The number of nitro groups is 1. The summed E-state index contributed by atoms with van der Waals surface area (Å²) in [4.78, 5) is 20.1. The highest BCUT2D eigenvalue weighted by Crippen LogP contribution is 2.02. The van der Waals surface area contributed by atoms with E-state index in [0.29, 0.717) is 12.2 Å². The molecule has 14 heavy (non-hydrogen) atoms. The Hall–Kier alpha value is -1.30. The van der Waals surface area contributed by atoms with E-state index < -0.39 is 6.04 Å². The lowest BCUT2D eigenvalue weighted by Crippen LogP contribution is -2.17. The summed E-state index contributed by atoms with van der Waals surface area (Å²) in [6, 6.07) is -0.673. The zero-order chi connectivity index (χ0) is 11.0. The first-order valence-electron chi connectivity index (χ1n) is 4.48. The van der Waals surface area contributed by atoms with Gasteiger partial charge in [0.2, 0.25) is 6.04 Å². The molecule has 0 aromatic rings. The maximum absolute atomic E-state index is 10.3. The van der Waals surface area contributed by atoms with Crippen LogP contribution in [0.5, 0.6) is 0 Å². The van der Waals surface area contributed by atoms with Crippen molar-refractivity contribution >= 4 is 0 Å². The fraction of sp³-hybridized carbons (Fsp3) is 0.750. The smallest absolute Gasteiger partial charge is 0.213 e. The molecule has 6 heteroatoms. The summed E-state index contributed by atoms with van der Waals surface area (Å²) in [5, 5.41) is 16.0. The van der Waals surface area contributed by atoms with Gasteiger partial charge in [-0.25, -0.2) is 0 Å². The normalized spacial score (nSPS) is 13.7. The largest absolute Gasteiger partial charge is 0.311 e. The van der Waals surface area contributed by atoms with E-state index >= 15 is 0 Å². The average molecular weight is 201 g/mol. The van der Waals surface area contributed by atoms with Crippen molar-refractivity contribution in [2.45, 2.75) is 26.3 Å². The molecule has 1 atom stereocenters. The van der Waals surface area contributed by atoms with Gasteiger partial charge in [0.1, 0.15) is 0 Å². The van der Waals surface area contributed by atoms with Crippen molar-refractivity contribution in [3.63, 3.8) is 0 Å². The van der Waals surface area contributed by atoms with Crippen molar-refractivity contribution in [1.29, 1.82) is 0 Å². The molecule has 0 spiro atoms. The molecule has 0 aromatic heterocycles. The predicted molar refractivity (Wildman–Crippen MR) is 53.5 cm³/mol. The van der Waals surface area contributed by atoms with Crippen LogP contribution in [-0.2, 0) is 0 Å². The SMILES string of the molecule is CCNCC(=CCC(C)[N+](=O)[O-])N=O. The van der Waals surface area contributed by atoms with E-state index in [0.717, 1.165) is 6.54 Å². The maximum Gasteiger partial charge on any atom is 0.213 e. The van der Waals surface area contributed by atoms with Crippen LogP contribution in [0.25, 0.3) is 0 Å². The zero-order valence-electron chi connectivity index (χ0n) is 8.40. The van der Waals surface area contributed by atoms with Gasteiger partial charge in [-0.3, -0.25) is 10.1 Å². The van der Waals surface area contributed by atoms with Gasteiger partial charge in [-0.05, 0) is 11.7 Å². The number of nitroso groups, excluding NO2 is 1. The Bertz CT molecular complexity index is 228. The predicted octanol–water partition coefficient (Wildman–Crippen LogP) is 1.30. The number of likely N-dealkylation sites (N-methyl/N-ethyl adjacent to an activating group) is 1. The molecule has 0 rings (SSSR count). The van der Waals surface area contributed by atoms with Gasteiger partial charge in [-0.2, -0.15) is 0 Å². The van der Waals surface area contributed by atoms with Gasteiger partial charge < -0.3 is 5.32 Å². The van der Waals surface area contributed by atoms with Crippen LogP contribution in [0.2, 0.25) is 0 Å². The van der Waals surface area contributed by atoms with E-state index in [2.05, 4.69) is 10.5 Å². The molecule has 0 aliphatic carbocycles. The molecule has 1 unspecified atom stereocenters. The van der Waals surface area contributed by atoms with Crippen molar-refractivity contribution in [1.82, 2.24) is 5.32 Å². The molecule has 0 heterocycles. The minimum absolute atomic E-state index is 0.236. The first-order chi connectivity index (χ1) is 6.61. The monoisotopic (exact) mass is 201 g/mol. The van der Waals surface area contributed by atoms with Gasteiger partial charge in [-0.1, -0.05) is 13.0 Å². The van der Waals surface area contributed by atoms with Crippen molar-refractivity contribution in [2.24, 2.45) is 5.18 Å². The topological polar surface area (TPSA) is 84.6 Å². The molecule has 6 nitrogen and oxygen atoms in total. The molecule has 0 bridgehead atoms. The lowest BCUT2D eigenvalue weighted by atomic mass is 10.2. The summed E-state index contributed by atoms with van der Waals surface area (Å²) in [7, 11) is 0. The molecule has 0 fully saturated rings. The van der Waals surface area contributed by atoms with E-state index in [1.165, 1.54) is 13.0 Å². The Labute approximate surface area is 82.5 Å². The standard InChI is InChI=1S/C8H15N3O3/c1-3-9-6-8(10-12)5-4-7(2)11(13)14/h5,7,9H,3-4,6H2,1-2H3. The second-order valence-corrected chi connectivity index (χ2v) is 2.94. The summed E-state index contributed by atoms with van der Waals surface area (Å²) >= 11 is 0. The number of hydrogen-bond acceptors (Lipinski definition) is 5. The first-order valence-corrected chi connectivity index (χ1v) is 4.48. The minimum Gasteiger partial charge on any atom is -0.311 e. The average Bonchev–Trinajstić information content (AvgIpc) is 2.17. The third kappa shape index (κ3) is 5.36. The Morgan fingerprint density at radius 3 is 2.79 bits per heavy atom.